The zero-order valence-electron chi connectivity index (χ0n) is 16.0. The molecule has 2 aliphatic rings. The topological polar surface area (TPSA) is 81.2 Å². The number of benzene rings is 1. The number of hydrogen-bond donors (Lipinski definition) is 1. The molecule has 8 heteroatoms. The van der Waals surface area contributed by atoms with Crippen molar-refractivity contribution < 1.29 is 18.3 Å². The van der Waals surface area contributed by atoms with Crippen molar-refractivity contribution in [2.24, 2.45) is 0 Å². The highest BCUT2D eigenvalue weighted by atomic mass is 32.2. The predicted molar refractivity (Wildman–Crippen MR) is 106 cm³/mol. The molecule has 150 valence electrons. The van der Waals surface area contributed by atoms with Gasteiger partial charge in [-0.1, -0.05) is 12.1 Å². The number of anilines is 1. The lowest BCUT2D eigenvalue weighted by molar-refractivity contribution is -0.138. The number of aromatic hydroxyl groups is 1. The number of piperazine rings is 1. The van der Waals surface area contributed by atoms with Crippen molar-refractivity contribution in [1.29, 1.82) is 0 Å². The Morgan fingerprint density at radius 1 is 1.26 bits per heavy atom. The molecule has 1 N–H and O–H groups in total. The summed E-state index contributed by atoms with van der Waals surface area (Å²) in [5, 5.41) is 10.0. The van der Waals surface area contributed by atoms with Crippen LogP contribution in [-0.2, 0) is 14.6 Å². The van der Waals surface area contributed by atoms with Crippen LogP contribution in [0.1, 0.15) is 20.3 Å². The molecule has 1 amide bonds. The first kappa shape index (κ1) is 19.9. The second-order valence-electron chi connectivity index (χ2n) is 7.37. The van der Waals surface area contributed by atoms with Gasteiger partial charge in [-0.15, -0.1) is 0 Å². The number of nitrogens with zero attached hydrogens (tertiary/aromatic N) is 3. The normalized spacial score (nSPS) is 23.9. The van der Waals surface area contributed by atoms with E-state index in [2.05, 4.69) is 9.80 Å². The van der Waals surface area contributed by atoms with Crippen LogP contribution in [0.2, 0.25) is 0 Å². The van der Waals surface area contributed by atoms with Crippen molar-refractivity contribution in [2.45, 2.75) is 32.4 Å². The second kappa shape index (κ2) is 8.06. The molecule has 0 unspecified atom stereocenters. The highest BCUT2D eigenvalue weighted by molar-refractivity contribution is 7.91. The molecular formula is C19H29N3O4S. The van der Waals surface area contributed by atoms with E-state index >= 15 is 0 Å². The average molecular weight is 396 g/mol. The van der Waals surface area contributed by atoms with Crippen molar-refractivity contribution in [1.82, 2.24) is 9.80 Å². The zero-order chi connectivity index (χ0) is 19.6. The first-order valence-corrected chi connectivity index (χ1v) is 11.4. The van der Waals surface area contributed by atoms with Crippen LogP contribution in [0.25, 0.3) is 0 Å². The number of sulfone groups is 1. The van der Waals surface area contributed by atoms with Gasteiger partial charge < -0.3 is 14.9 Å². The molecule has 2 fully saturated rings. The summed E-state index contributed by atoms with van der Waals surface area (Å²) in [5.74, 6) is 0.542. The number of para-hydroxylation sites is 2. The quantitative estimate of drug-likeness (QED) is 0.799. The molecule has 27 heavy (non-hydrogen) atoms. The molecule has 2 heterocycles. The molecule has 1 aromatic rings. The summed E-state index contributed by atoms with van der Waals surface area (Å²) in [6, 6.07) is 6.82. The van der Waals surface area contributed by atoms with E-state index in [9.17, 15) is 18.3 Å². The van der Waals surface area contributed by atoms with E-state index < -0.39 is 9.84 Å². The molecule has 7 nitrogen and oxygen atoms in total. The molecule has 1 aromatic carbocycles. The zero-order valence-corrected chi connectivity index (χ0v) is 16.9. The van der Waals surface area contributed by atoms with Gasteiger partial charge in [0.25, 0.3) is 0 Å². The lowest BCUT2D eigenvalue weighted by atomic mass is 10.1. The maximum atomic E-state index is 13.0. The third kappa shape index (κ3) is 4.38. The van der Waals surface area contributed by atoms with Gasteiger partial charge in [0.2, 0.25) is 5.91 Å². The van der Waals surface area contributed by atoms with Crippen LogP contribution >= 0.6 is 0 Å². The molecule has 0 aromatic heterocycles. The van der Waals surface area contributed by atoms with Gasteiger partial charge in [0.1, 0.15) is 5.75 Å². The molecule has 2 aliphatic heterocycles. The maximum Gasteiger partial charge on any atom is 0.239 e. The summed E-state index contributed by atoms with van der Waals surface area (Å²) < 4.78 is 23.6. The van der Waals surface area contributed by atoms with Crippen molar-refractivity contribution in [3.8, 4) is 5.75 Å². The van der Waals surface area contributed by atoms with E-state index in [1.165, 1.54) is 0 Å². The van der Waals surface area contributed by atoms with Gasteiger partial charge in [0, 0.05) is 38.8 Å². The fourth-order valence-electron chi connectivity index (χ4n) is 4.09. The first-order chi connectivity index (χ1) is 12.8. The van der Waals surface area contributed by atoms with E-state index in [4.69, 9.17) is 0 Å². The number of hydrogen-bond acceptors (Lipinski definition) is 6. The van der Waals surface area contributed by atoms with Crippen molar-refractivity contribution >= 4 is 21.4 Å². The van der Waals surface area contributed by atoms with Crippen LogP contribution < -0.4 is 4.90 Å². The monoisotopic (exact) mass is 395 g/mol. The minimum atomic E-state index is -3.01. The third-order valence-corrected chi connectivity index (χ3v) is 7.47. The molecule has 0 radical (unpaired) electrons. The molecule has 0 saturated carbocycles. The van der Waals surface area contributed by atoms with Crippen molar-refractivity contribution in [3.63, 3.8) is 0 Å². The third-order valence-electron chi connectivity index (χ3n) is 5.71. The molecular weight excluding hydrogens is 366 g/mol. The molecule has 3 rings (SSSR count). The maximum absolute atomic E-state index is 13.0. The van der Waals surface area contributed by atoms with Crippen molar-refractivity contribution in [3.05, 3.63) is 24.3 Å². The Kier molecular flexibility index (Phi) is 5.95. The molecule has 0 spiro atoms. The summed E-state index contributed by atoms with van der Waals surface area (Å²) in [4.78, 5) is 19.0. The number of rotatable bonds is 5. The van der Waals surface area contributed by atoms with Crippen LogP contribution in [0.4, 0.5) is 5.69 Å². The Morgan fingerprint density at radius 2 is 1.93 bits per heavy atom. The van der Waals surface area contributed by atoms with E-state index in [1.54, 1.807) is 17.0 Å². The summed E-state index contributed by atoms with van der Waals surface area (Å²) in [6.45, 7) is 7.26. The summed E-state index contributed by atoms with van der Waals surface area (Å²) >= 11 is 0. The lowest BCUT2D eigenvalue weighted by Gasteiger charge is -2.40. The van der Waals surface area contributed by atoms with Gasteiger partial charge >= 0.3 is 0 Å². The number of phenols is 1. The van der Waals surface area contributed by atoms with Crippen LogP contribution in [0.3, 0.4) is 0 Å². The number of carbonyl (C=O) groups excluding carboxylic acids is 1. The summed E-state index contributed by atoms with van der Waals surface area (Å²) in [6.07, 6.45) is 0.537. The minimum Gasteiger partial charge on any atom is -0.506 e. The van der Waals surface area contributed by atoms with Gasteiger partial charge in [0.15, 0.2) is 9.84 Å². The fraction of sp³-hybridized carbons (Fsp3) is 0.632. The van der Waals surface area contributed by atoms with Crippen LogP contribution in [0.5, 0.6) is 5.75 Å². The smallest absolute Gasteiger partial charge is 0.239 e. The Hall–Kier alpha value is -1.80. The average Bonchev–Trinajstić information content (AvgIpc) is 3.01. The molecule has 2 atom stereocenters. The Balaban J connectivity index is 1.60. The minimum absolute atomic E-state index is 0.00982. The first-order valence-electron chi connectivity index (χ1n) is 9.60. The van der Waals surface area contributed by atoms with E-state index in [-0.39, 0.29) is 35.2 Å². The lowest BCUT2D eigenvalue weighted by Crippen LogP contribution is -2.56. The van der Waals surface area contributed by atoms with Crippen LogP contribution in [0, 0.1) is 0 Å². The fourth-order valence-corrected chi connectivity index (χ4v) is 5.82. The van der Waals surface area contributed by atoms with E-state index in [1.807, 2.05) is 26.0 Å². The highest BCUT2D eigenvalue weighted by Crippen LogP contribution is 2.27. The van der Waals surface area contributed by atoms with Gasteiger partial charge in [-0.3, -0.25) is 9.69 Å². The van der Waals surface area contributed by atoms with Gasteiger partial charge in [-0.2, -0.15) is 0 Å². The predicted octanol–water partition coefficient (Wildman–Crippen LogP) is 0.938. The number of likely N-dealkylation sites (N-methyl/N-ethyl adjacent to an activating group) is 1. The van der Waals surface area contributed by atoms with Gasteiger partial charge in [-0.25, -0.2) is 8.42 Å². The van der Waals surface area contributed by atoms with Crippen molar-refractivity contribution in [2.75, 3.05) is 49.1 Å². The number of amides is 1. The standard InChI is InChI=1S/C19H29N3O4S/c1-3-22(16-8-13-27(25,26)14-16)19(24)15(2)20-9-11-21(12-10-20)17-6-4-5-7-18(17)23/h4-7,15-16,23H,3,8-14H2,1-2H3/t15-,16-/m0/s1. The Labute approximate surface area is 161 Å². The molecule has 0 aliphatic carbocycles. The summed E-state index contributed by atoms with van der Waals surface area (Å²) in [7, 11) is -3.01. The second-order valence-corrected chi connectivity index (χ2v) is 9.60. The highest BCUT2D eigenvalue weighted by Gasteiger charge is 2.37. The molecule has 2 saturated heterocycles. The summed E-state index contributed by atoms with van der Waals surface area (Å²) in [5.41, 5.74) is 0.822. The number of carbonyl (C=O) groups is 1. The van der Waals surface area contributed by atoms with Crippen LogP contribution in [-0.4, -0.2) is 85.5 Å². The number of phenolic OH excluding ortho intramolecular Hbond substituents is 1. The van der Waals surface area contributed by atoms with Crippen LogP contribution in [0.15, 0.2) is 24.3 Å². The molecule has 0 bridgehead atoms. The SMILES string of the molecule is CCN(C(=O)[C@H](C)N1CCN(c2ccccc2O)CC1)[C@H]1CCS(=O)(=O)C1. The Bertz CT molecular complexity index is 775. The largest absolute Gasteiger partial charge is 0.506 e. The Morgan fingerprint density at radius 3 is 2.48 bits per heavy atom. The van der Waals surface area contributed by atoms with E-state index in [0.717, 1.165) is 31.9 Å². The van der Waals surface area contributed by atoms with Gasteiger partial charge in [0.05, 0.1) is 23.2 Å². The van der Waals surface area contributed by atoms with Gasteiger partial charge in [-0.05, 0) is 32.4 Å². The van der Waals surface area contributed by atoms with E-state index in [0.29, 0.717) is 13.0 Å².